The van der Waals surface area contributed by atoms with Crippen molar-refractivity contribution < 1.29 is 9.00 Å². The van der Waals surface area contributed by atoms with Gasteiger partial charge in [0.05, 0.1) is 0 Å². The highest BCUT2D eigenvalue weighted by molar-refractivity contribution is 7.84. The van der Waals surface area contributed by atoms with E-state index in [9.17, 15) is 9.00 Å². The summed E-state index contributed by atoms with van der Waals surface area (Å²) in [6.45, 7) is 6.60. The van der Waals surface area contributed by atoms with Gasteiger partial charge in [0.1, 0.15) is 0 Å². The van der Waals surface area contributed by atoms with E-state index in [0.717, 1.165) is 22.6 Å². The lowest BCUT2D eigenvalue weighted by atomic mass is 10.2. The van der Waals surface area contributed by atoms with Gasteiger partial charge in [-0.2, -0.15) is 0 Å². The second kappa shape index (κ2) is 8.11. The van der Waals surface area contributed by atoms with Crippen LogP contribution in [-0.2, 0) is 15.6 Å². The summed E-state index contributed by atoms with van der Waals surface area (Å²) in [4.78, 5) is 11.8. The molecule has 1 aromatic heterocycles. The molecule has 0 fully saturated rings. The van der Waals surface area contributed by atoms with Gasteiger partial charge < -0.3 is 9.88 Å². The first-order valence-electron chi connectivity index (χ1n) is 7.90. The molecule has 4 nitrogen and oxygen atoms in total. The zero-order valence-corrected chi connectivity index (χ0v) is 15.4. The van der Waals surface area contributed by atoms with E-state index in [1.807, 2.05) is 13.0 Å². The lowest BCUT2D eigenvalue weighted by Gasteiger charge is -2.09. The molecule has 0 bridgehead atoms. The standard InChI is InChI=1S/C19H24N2O2S/c1-14-5-8-18(9-6-14)21-15(2)13-17(16(21)3)7-10-19(22)20-11-12-24(4)23/h5-10,13H,11-12H2,1-4H3,(H,20,22)/b10-7+/t24-/m0/s1. The van der Waals surface area contributed by atoms with Crippen LogP contribution in [0.25, 0.3) is 11.8 Å². The van der Waals surface area contributed by atoms with Gasteiger partial charge in [-0.05, 0) is 50.6 Å². The number of rotatable bonds is 6. The number of hydrogen-bond acceptors (Lipinski definition) is 2. The Morgan fingerprint density at radius 3 is 2.50 bits per heavy atom. The molecule has 5 heteroatoms. The first kappa shape index (κ1) is 18.2. The maximum absolute atomic E-state index is 11.8. The van der Waals surface area contributed by atoms with Crippen molar-refractivity contribution in [1.82, 2.24) is 9.88 Å². The summed E-state index contributed by atoms with van der Waals surface area (Å²) in [6, 6.07) is 10.4. The topological polar surface area (TPSA) is 51.1 Å². The predicted octanol–water partition coefficient (Wildman–Crippen LogP) is 2.91. The van der Waals surface area contributed by atoms with E-state index in [2.05, 4.69) is 54.1 Å². The molecular formula is C19H24N2O2S. The average Bonchev–Trinajstić information content (AvgIpc) is 2.80. The fourth-order valence-corrected chi connectivity index (χ4v) is 2.98. The van der Waals surface area contributed by atoms with Gasteiger partial charge in [0.25, 0.3) is 0 Å². The third-order valence-electron chi connectivity index (χ3n) is 3.87. The average molecular weight is 344 g/mol. The van der Waals surface area contributed by atoms with Crippen LogP contribution in [0.1, 0.15) is 22.5 Å². The Morgan fingerprint density at radius 1 is 1.21 bits per heavy atom. The largest absolute Gasteiger partial charge is 0.352 e. The van der Waals surface area contributed by atoms with Crippen molar-refractivity contribution in [3.05, 3.63) is 58.9 Å². The number of hydrogen-bond donors (Lipinski definition) is 1. The Balaban J connectivity index is 2.13. The molecule has 24 heavy (non-hydrogen) atoms. The molecule has 0 aliphatic rings. The summed E-state index contributed by atoms with van der Waals surface area (Å²) in [5, 5.41) is 2.74. The van der Waals surface area contributed by atoms with Gasteiger partial charge in [-0.3, -0.25) is 9.00 Å². The van der Waals surface area contributed by atoms with Crippen molar-refractivity contribution in [2.45, 2.75) is 20.8 Å². The Labute approximate surface area is 146 Å². The molecule has 1 amide bonds. The van der Waals surface area contributed by atoms with Crippen LogP contribution < -0.4 is 5.32 Å². The van der Waals surface area contributed by atoms with Gasteiger partial charge in [-0.25, -0.2) is 0 Å². The van der Waals surface area contributed by atoms with Crippen molar-refractivity contribution in [2.24, 2.45) is 0 Å². The van der Waals surface area contributed by atoms with E-state index in [0.29, 0.717) is 12.3 Å². The van der Waals surface area contributed by atoms with Crippen LogP contribution in [0.15, 0.2) is 36.4 Å². The van der Waals surface area contributed by atoms with Crippen molar-refractivity contribution >= 4 is 22.8 Å². The third-order valence-corrected chi connectivity index (χ3v) is 4.64. The summed E-state index contributed by atoms with van der Waals surface area (Å²) >= 11 is 0. The highest BCUT2D eigenvalue weighted by Crippen LogP contribution is 2.22. The van der Waals surface area contributed by atoms with Crippen molar-refractivity contribution in [3.63, 3.8) is 0 Å². The molecular weight excluding hydrogens is 320 g/mol. The molecule has 1 heterocycles. The number of carbonyl (C=O) groups excluding carboxylic acids is 1. The van der Waals surface area contributed by atoms with E-state index in [-0.39, 0.29) is 5.91 Å². The SMILES string of the molecule is Cc1ccc(-n2c(C)cc(/C=C/C(=O)NCC[S@](C)=O)c2C)cc1. The van der Waals surface area contributed by atoms with Crippen LogP contribution >= 0.6 is 0 Å². The Hall–Kier alpha value is -2.14. The maximum Gasteiger partial charge on any atom is 0.244 e. The summed E-state index contributed by atoms with van der Waals surface area (Å²) in [5.41, 5.74) is 5.58. The molecule has 1 atom stereocenters. The Morgan fingerprint density at radius 2 is 1.88 bits per heavy atom. The third kappa shape index (κ3) is 4.68. The van der Waals surface area contributed by atoms with Gasteiger partial charge >= 0.3 is 0 Å². The first-order chi connectivity index (χ1) is 11.4. The van der Waals surface area contributed by atoms with Gasteiger partial charge in [-0.1, -0.05) is 17.7 Å². The minimum absolute atomic E-state index is 0.166. The normalized spacial score (nSPS) is 12.5. The maximum atomic E-state index is 11.8. The molecule has 0 spiro atoms. The van der Waals surface area contributed by atoms with Gasteiger partial charge in [0.2, 0.25) is 5.91 Å². The molecule has 0 radical (unpaired) electrons. The van der Waals surface area contributed by atoms with Crippen molar-refractivity contribution in [1.29, 1.82) is 0 Å². The van der Waals surface area contributed by atoms with E-state index in [1.54, 1.807) is 6.26 Å². The molecule has 2 rings (SSSR count). The molecule has 2 aromatic rings. The number of nitrogens with one attached hydrogen (secondary N) is 1. The zero-order valence-electron chi connectivity index (χ0n) is 14.6. The smallest absolute Gasteiger partial charge is 0.244 e. The van der Waals surface area contributed by atoms with Crippen LogP contribution in [0.2, 0.25) is 0 Å². The van der Waals surface area contributed by atoms with Gasteiger partial charge in [-0.15, -0.1) is 0 Å². The highest BCUT2D eigenvalue weighted by Gasteiger charge is 2.09. The first-order valence-corrected chi connectivity index (χ1v) is 9.63. The number of benzene rings is 1. The molecule has 128 valence electrons. The molecule has 0 aliphatic heterocycles. The van der Waals surface area contributed by atoms with E-state index < -0.39 is 10.8 Å². The number of aromatic nitrogens is 1. The van der Waals surface area contributed by atoms with Crippen molar-refractivity contribution in [3.8, 4) is 5.69 Å². The molecule has 0 saturated carbocycles. The minimum Gasteiger partial charge on any atom is -0.352 e. The summed E-state index contributed by atoms with van der Waals surface area (Å²) < 4.78 is 13.2. The number of amides is 1. The second-order valence-electron chi connectivity index (χ2n) is 5.90. The summed E-state index contributed by atoms with van der Waals surface area (Å²) in [6.07, 6.45) is 4.98. The fraction of sp³-hybridized carbons (Fsp3) is 0.316. The Bertz CT molecular complexity index is 773. The number of aryl methyl sites for hydroxylation is 2. The lowest BCUT2D eigenvalue weighted by molar-refractivity contribution is -0.116. The molecule has 0 unspecified atom stereocenters. The zero-order chi connectivity index (χ0) is 17.7. The predicted molar refractivity (Wildman–Crippen MR) is 101 cm³/mol. The summed E-state index contributed by atoms with van der Waals surface area (Å²) in [7, 11) is -0.890. The van der Waals surface area contributed by atoms with Crippen molar-refractivity contribution in [2.75, 3.05) is 18.6 Å². The number of nitrogens with zero attached hydrogens (tertiary/aromatic N) is 1. The van der Waals surface area contributed by atoms with Gasteiger partial charge in [0.15, 0.2) is 0 Å². The van der Waals surface area contributed by atoms with Crippen LogP contribution in [0.5, 0.6) is 0 Å². The summed E-state index contributed by atoms with van der Waals surface area (Å²) in [5.74, 6) is 0.308. The minimum atomic E-state index is -0.890. The van der Waals surface area contributed by atoms with Crippen LogP contribution in [0.3, 0.4) is 0 Å². The fourth-order valence-electron chi connectivity index (χ4n) is 2.59. The molecule has 0 aliphatic carbocycles. The van der Waals surface area contributed by atoms with E-state index in [4.69, 9.17) is 0 Å². The lowest BCUT2D eigenvalue weighted by Crippen LogP contribution is -2.25. The quantitative estimate of drug-likeness (QED) is 0.819. The molecule has 1 N–H and O–H groups in total. The van der Waals surface area contributed by atoms with E-state index >= 15 is 0 Å². The van der Waals surface area contributed by atoms with E-state index in [1.165, 1.54) is 11.6 Å². The Kier molecular flexibility index (Phi) is 6.15. The molecule has 0 saturated heterocycles. The highest BCUT2D eigenvalue weighted by atomic mass is 32.2. The monoisotopic (exact) mass is 344 g/mol. The van der Waals surface area contributed by atoms with Gasteiger partial charge in [0, 0.05) is 52.5 Å². The molecule has 1 aromatic carbocycles. The number of carbonyl (C=O) groups is 1. The van der Waals surface area contributed by atoms with Crippen LogP contribution in [0, 0.1) is 20.8 Å². The second-order valence-corrected chi connectivity index (χ2v) is 7.45. The van der Waals surface area contributed by atoms with Crippen LogP contribution in [-0.4, -0.2) is 33.2 Å². The van der Waals surface area contributed by atoms with Crippen LogP contribution in [0.4, 0.5) is 0 Å².